The van der Waals surface area contributed by atoms with Gasteiger partial charge in [-0.1, -0.05) is 0 Å². The molecule has 0 aromatic rings. The first-order valence-corrected chi connectivity index (χ1v) is 7.09. The topological polar surface area (TPSA) is 84.7 Å². The minimum atomic E-state index is -0.425. The molecule has 0 aliphatic carbocycles. The second-order valence-electron chi connectivity index (χ2n) is 5.27. The largest absolute Gasteiger partial charge is 0.377 e. The fourth-order valence-corrected chi connectivity index (χ4v) is 2.77. The summed E-state index contributed by atoms with van der Waals surface area (Å²) in [7, 11) is 0. The second-order valence-corrected chi connectivity index (χ2v) is 5.27. The van der Waals surface area contributed by atoms with Crippen molar-refractivity contribution in [1.82, 2.24) is 10.2 Å². The molecule has 0 radical (unpaired) electrons. The van der Waals surface area contributed by atoms with E-state index in [1.807, 2.05) is 0 Å². The molecule has 0 spiro atoms. The second kappa shape index (κ2) is 8.44. The minimum Gasteiger partial charge on any atom is -0.377 e. The first-order chi connectivity index (χ1) is 9.18. The third kappa shape index (κ3) is 4.61. The third-order valence-corrected chi connectivity index (χ3v) is 3.82. The number of ether oxygens (including phenoxy) is 1. The lowest BCUT2D eigenvalue weighted by Crippen LogP contribution is -2.53. The summed E-state index contributed by atoms with van der Waals surface area (Å²) in [5, 5.41) is 3.12. The molecule has 2 heterocycles. The Morgan fingerprint density at radius 2 is 2.05 bits per heavy atom. The first-order valence-electron chi connectivity index (χ1n) is 7.09. The number of primary amides is 1. The number of nitrogens with one attached hydrogen (secondary N) is 1. The van der Waals surface area contributed by atoms with Gasteiger partial charge in [0.2, 0.25) is 11.8 Å². The Bertz CT molecular complexity index is 335. The highest BCUT2D eigenvalue weighted by atomic mass is 35.5. The summed E-state index contributed by atoms with van der Waals surface area (Å²) in [5.41, 5.74) is 5.35. The number of halogens is 1. The van der Waals surface area contributed by atoms with Crippen molar-refractivity contribution in [2.24, 2.45) is 5.73 Å². The Balaban J connectivity index is 0.00000200. The molecule has 7 heteroatoms. The molecule has 20 heavy (non-hydrogen) atoms. The molecule has 0 saturated carbocycles. The lowest BCUT2D eigenvalue weighted by molar-refractivity contribution is -0.140. The van der Waals surface area contributed by atoms with Gasteiger partial charge in [0.1, 0.15) is 6.04 Å². The summed E-state index contributed by atoms with van der Waals surface area (Å²) >= 11 is 0. The van der Waals surface area contributed by atoms with Crippen molar-refractivity contribution in [3.05, 3.63) is 0 Å². The number of carbonyl (C=O) groups is 2. The average molecular weight is 306 g/mol. The van der Waals surface area contributed by atoms with Crippen LogP contribution in [0.3, 0.4) is 0 Å². The first kappa shape index (κ1) is 17.2. The van der Waals surface area contributed by atoms with Crippen molar-refractivity contribution in [1.29, 1.82) is 0 Å². The minimum absolute atomic E-state index is 0. The van der Waals surface area contributed by atoms with Crippen LogP contribution in [0.4, 0.5) is 0 Å². The molecule has 2 atom stereocenters. The van der Waals surface area contributed by atoms with Gasteiger partial charge in [-0.05, 0) is 32.1 Å². The van der Waals surface area contributed by atoms with Gasteiger partial charge in [-0.25, -0.2) is 0 Å². The smallest absolute Gasteiger partial charge is 0.240 e. The van der Waals surface area contributed by atoms with Gasteiger partial charge in [-0.2, -0.15) is 0 Å². The monoisotopic (exact) mass is 305 g/mol. The quantitative estimate of drug-likeness (QED) is 0.751. The van der Waals surface area contributed by atoms with Gasteiger partial charge >= 0.3 is 0 Å². The number of amides is 2. The lowest BCUT2D eigenvalue weighted by atomic mass is 10.0. The van der Waals surface area contributed by atoms with Crippen molar-refractivity contribution in [3.63, 3.8) is 0 Å². The fraction of sp³-hybridized carbons (Fsp3) is 0.846. The van der Waals surface area contributed by atoms with E-state index in [2.05, 4.69) is 5.32 Å². The van der Waals surface area contributed by atoms with E-state index in [1.54, 1.807) is 4.90 Å². The van der Waals surface area contributed by atoms with E-state index in [0.29, 0.717) is 19.5 Å². The number of nitrogens with two attached hydrogens (primary N) is 1. The molecule has 0 bridgehead atoms. The predicted octanol–water partition coefficient (Wildman–Crippen LogP) is 0.0432. The summed E-state index contributed by atoms with van der Waals surface area (Å²) in [4.78, 5) is 25.1. The van der Waals surface area contributed by atoms with Crippen molar-refractivity contribution < 1.29 is 14.3 Å². The van der Waals surface area contributed by atoms with E-state index in [0.717, 1.165) is 32.3 Å². The number of nitrogens with zero attached hydrogens (tertiary/aromatic N) is 1. The molecule has 2 aliphatic heterocycles. The normalized spacial score (nSPS) is 26.1. The number of hydrogen-bond donors (Lipinski definition) is 2. The SMILES string of the molecule is Cl.NC(=O)C1CCCCN1C(=O)CNCC1CCCO1. The van der Waals surface area contributed by atoms with Crippen LogP contribution < -0.4 is 11.1 Å². The molecular formula is C13H24ClN3O3. The molecule has 2 rings (SSSR count). The van der Waals surface area contributed by atoms with Gasteiger partial charge in [0, 0.05) is 19.7 Å². The number of piperidine rings is 1. The van der Waals surface area contributed by atoms with Crippen LogP contribution in [-0.4, -0.2) is 55.1 Å². The molecule has 0 aromatic heterocycles. The van der Waals surface area contributed by atoms with Crippen LogP contribution in [0, 0.1) is 0 Å². The molecule has 2 amide bonds. The van der Waals surface area contributed by atoms with Gasteiger partial charge < -0.3 is 20.7 Å². The van der Waals surface area contributed by atoms with Crippen molar-refractivity contribution in [2.75, 3.05) is 26.2 Å². The Labute approximate surface area is 125 Å². The highest BCUT2D eigenvalue weighted by Crippen LogP contribution is 2.16. The van der Waals surface area contributed by atoms with Crippen LogP contribution in [0.5, 0.6) is 0 Å². The Kier molecular flexibility index (Phi) is 7.26. The van der Waals surface area contributed by atoms with Crippen LogP contribution in [-0.2, 0) is 14.3 Å². The Hall–Kier alpha value is -0.850. The molecular weight excluding hydrogens is 282 g/mol. The predicted molar refractivity (Wildman–Crippen MR) is 77.6 cm³/mol. The molecule has 2 saturated heterocycles. The Morgan fingerprint density at radius 3 is 2.70 bits per heavy atom. The molecule has 2 aliphatic rings. The van der Waals surface area contributed by atoms with Crippen LogP contribution in [0.2, 0.25) is 0 Å². The molecule has 6 nitrogen and oxygen atoms in total. The molecule has 116 valence electrons. The van der Waals surface area contributed by atoms with Gasteiger partial charge in [0.25, 0.3) is 0 Å². The highest BCUT2D eigenvalue weighted by Gasteiger charge is 2.30. The van der Waals surface area contributed by atoms with E-state index >= 15 is 0 Å². The van der Waals surface area contributed by atoms with Gasteiger partial charge in [-0.15, -0.1) is 12.4 Å². The van der Waals surface area contributed by atoms with Gasteiger partial charge in [0.15, 0.2) is 0 Å². The van der Waals surface area contributed by atoms with E-state index in [9.17, 15) is 9.59 Å². The van der Waals surface area contributed by atoms with E-state index in [4.69, 9.17) is 10.5 Å². The number of rotatable bonds is 5. The zero-order valence-electron chi connectivity index (χ0n) is 11.7. The van der Waals surface area contributed by atoms with E-state index in [1.165, 1.54) is 0 Å². The van der Waals surface area contributed by atoms with E-state index < -0.39 is 11.9 Å². The zero-order chi connectivity index (χ0) is 13.7. The van der Waals surface area contributed by atoms with Crippen LogP contribution in [0.25, 0.3) is 0 Å². The fourth-order valence-electron chi connectivity index (χ4n) is 2.77. The van der Waals surface area contributed by atoms with Crippen LogP contribution >= 0.6 is 12.4 Å². The molecule has 3 N–H and O–H groups in total. The average Bonchev–Trinajstić information content (AvgIpc) is 2.91. The van der Waals surface area contributed by atoms with Crippen LogP contribution in [0.1, 0.15) is 32.1 Å². The number of likely N-dealkylation sites (tertiary alicyclic amines) is 1. The summed E-state index contributed by atoms with van der Waals surface area (Å²) < 4.78 is 5.48. The number of hydrogen-bond acceptors (Lipinski definition) is 4. The zero-order valence-corrected chi connectivity index (χ0v) is 12.5. The van der Waals surface area contributed by atoms with Gasteiger partial charge in [-0.3, -0.25) is 9.59 Å². The maximum absolute atomic E-state index is 12.1. The molecule has 0 aromatic carbocycles. The third-order valence-electron chi connectivity index (χ3n) is 3.82. The lowest BCUT2D eigenvalue weighted by Gasteiger charge is -2.33. The van der Waals surface area contributed by atoms with Crippen molar-refractivity contribution in [3.8, 4) is 0 Å². The summed E-state index contributed by atoms with van der Waals surface area (Å²) in [6, 6.07) is -0.425. The summed E-state index contributed by atoms with van der Waals surface area (Å²) in [6.07, 6.45) is 4.96. The van der Waals surface area contributed by atoms with Crippen molar-refractivity contribution >= 4 is 24.2 Å². The van der Waals surface area contributed by atoms with Gasteiger partial charge in [0.05, 0.1) is 12.6 Å². The highest BCUT2D eigenvalue weighted by molar-refractivity contribution is 5.87. The van der Waals surface area contributed by atoms with Crippen LogP contribution in [0.15, 0.2) is 0 Å². The molecule has 2 fully saturated rings. The van der Waals surface area contributed by atoms with E-state index in [-0.39, 0.29) is 31.0 Å². The number of carbonyl (C=O) groups excluding carboxylic acids is 2. The summed E-state index contributed by atoms with van der Waals surface area (Å²) in [5.74, 6) is -0.436. The summed E-state index contributed by atoms with van der Waals surface area (Å²) in [6.45, 7) is 2.40. The Morgan fingerprint density at radius 1 is 1.25 bits per heavy atom. The molecule has 2 unspecified atom stereocenters. The standard InChI is InChI=1S/C13H23N3O3.ClH/c14-13(18)11-5-1-2-6-16(11)12(17)9-15-8-10-4-3-7-19-10;/h10-11,15H,1-9H2,(H2,14,18);1H. The maximum Gasteiger partial charge on any atom is 0.240 e. The maximum atomic E-state index is 12.1. The van der Waals surface area contributed by atoms with Crippen molar-refractivity contribution in [2.45, 2.75) is 44.2 Å².